The van der Waals surface area contributed by atoms with E-state index in [1.165, 1.54) is 0 Å². The molecule has 0 saturated carbocycles. The lowest BCUT2D eigenvalue weighted by molar-refractivity contribution is -0.117. The topological polar surface area (TPSA) is 46.3 Å². The molecule has 1 aliphatic rings. The van der Waals surface area contributed by atoms with Gasteiger partial charge in [-0.15, -0.1) is 0 Å². The Morgan fingerprint density at radius 1 is 1.47 bits per heavy atom. The molecule has 0 aromatic heterocycles. The molecule has 3 heteroatoms. The van der Waals surface area contributed by atoms with E-state index in [-0.39, 0.29) is 5.91 Å². The summed E-state index contributed by atoms with van der Waals surface area (Å²) in [5.74, 6) is 0.668. The van der Waals surface area contributed by atoms with Crippen molar-refractivity contribution in [1.29, 1.82) is 0 Å². The second-order valence-electron chi connectivity index (χ2n) is 4.46. The third kappa shape index (κ3) is 1.82. The van der Waals surface area contributed by atoms with Crippen molar-refractivity contribution in [3.63, 3.8) is 0 Å². The van der Waals surface area contributed by atoms with Crippen LogP contribution in [0.2, 0.25) is 0 Å². The third-order valence-corrected chi connectivity index (χ3v) is 2.58. The van der Waals surface area contributed by atoms with E-state index in [0.29, 0.717) is 12.3 Å². The molecule has 1 aliphatic heterocycles. The second-order valence-corrected chi connectivity index (χ2v) is 4.46. The van der Waals surface area contributed by atoms with E-state index in [2.05, 4.69) is 13.8 Å². The van der Waals surface area contributed by atoms with E-state index in [1.54, 1.807) is 0 Å². The highest BCUT2D eigenvalue weighted by Crippen LogP contribution is 2.30. The van der Waals surface area contributed by atoms with Crippen LogP contribution in [0.25, 0.3) is 0 Å². The Labute approximate surface area is 89.9 Å². The predicted octanol–water partition coefficient (Wildman–Crippen LogP) is 1.81. The van der Waals surface area contributed by atoms with Crippen LogP contribution in [-0.4, -0.2) is 12.5 Å². The Bertz CT molecular complexity index is 399. The maximum Gasteiger partial charge on any atom is 0.231 e. The first kappa shape index (κ1) is 10.0. The van der Waals surface area contributed by atoms with Crippen molar-refractivity contribution in [3.8, 4) is 0 Å². The van der Waals surface area contributed by atoms with Gasteiger partial charge >= 0.3 is 0 Å². The second kappa shape index (κ2) is 3.57. The molecule has 0 fully saturated rings. The van der Waals surface area contributed by atoms with Gasteiger partial charge in [0.25, 0.3) is 0 Å². The van der Waals surface area contributed by atoms with Crippen LogP contribution in [0, 0.1) is 5.92 Å². The number of anilines is 2. The number of nitrogens with zero attached hydrogens (tertiary/aromatic N) is 1. The fourth-order valence-corrected chi connectivity index (χ4v) is 1.97. The highest BCUT2D eigenvalue weighted by molar-refractivity contribution is 6.01. The minimum atomic E-state index is 0.185. The van der Waals surface area contributed by atoms with Gasteiger partial charge in [0.15, 0.2) is 0 Å². The van der Waals surface area contributed by atoms with Gasteiger partial charge in [-0.05, 0) is 29.7 Å². The van der Waals surface area contributed by atoms with Crippen LogP contribution in [0.4, 0.5) is 11.4 Å². The number of amides is 1. The molecule has 0 saturated heterocycles. The molecule has 0 atom stereocenters. The normalized spacial score (nSPS) is 14.9. The van der Waals surface area contributed by atoms with Crippen LogP contribution in [-0.2, 0) is 11.2 Å². The molecule has 80 valence electrons. The molecule has 2 N–H and O–H groups in total. The van der Waals surface area contributed by atoms with Crippen LogP contribution in [0.15, 0.2) is 18.2 Å². The summed E-state index contributed by atoms with van der Waals surface area (Å²) in [5.41, 5.74) is 8.51. The molecule has 1 aromatic rings. The first-order valence-corrected chi connectivity index (χ1v) is 5.26. The first-order valence-electron chi connectivity index (χ1n) is 5.26. The molecule has 0 spiro atoms. The third-order valence-electron chi connectivity index (χ3n) is 2.58. The Morgan fingerprint density at radius 3 is 2.87 bits per heavy atom. The molecular weight excluding hydrogens is 188 g/mol. The average Bonchev–Trinajstić information content (AvgIpc) is 2.41. The first-order chi connectivity index (χ1) is 7.08. The van der Waals surface area contributed by atoms with Gasteiger partial charge in [-0.1, -0.05) is 13.8 Å². The molecule has 3 nitrogen and oxygen atoms in total. The van der Waals surface area contributed by atoms with E-state index < -0.39 is 0 Å². The van der Waals surface area contributed by atoms with Crippen molar-refractivity contribution < 1.29 is 4.79 Å². The van der Waals surface area contributed by atoms with Crippen LogP contribution in [0.3, 0.4) is 0 Å². The maximum absolute atomic E-state index is 11.8. The van der Waals surface area contributed by atoms with Gasteiger partial charge in [-0.2, -0.15) is 0 Å². The van der Waals surface area contributed by atoms with Crippen molar-refractivity contribution >= 4 is 17.3 Å². The van der Waals surface area contributed by atoms with Crippen LogP contribution in [0.5, 0.6) is 0 Å². The van der Waals surface area contributed by atoms with E-state index in [0.717, 1.165) is 23.5 Å². The van der Waals surface area contributed by atoms with Crippen molar-refractivity contribution in [2.24, 2.45) is 5.92 Å². The molecule has 1 heterocycles. The lowest BCUT2D eigenvalue weighted by Gasteiger charge is -2.19. The Kier molecular flexibility index (Phi) is 2.39. The van der Waals surface area contributed by atoms with Gasteiger partial charge in [0.1, 0.15) is 0 Å². The number of fused-ring (bicyclic) bond motifs is 1. The predicted molar refractivity (Wildman–Crippen MR) is 61.7 cm³/mol. The average molecular weight is 204 g/mol. The number of hydrogen-bond donors (Lipinski definition) is 1. The van der Waals surface area contributed by atoms with Gasteiger partial charge in [-0.25, -0.2) is 0 Å². The zero-order valence-corrected chi connectivity index (χ0v) is 9.16. The molecule has 15 heavy (non-hydrogen) atoms. The minimum Gasteiger partial charge on any atom is -0.399 e. The summed E-state index contributed by atoms with van der Waals surface area (Å²) in [6, 6.07) is 5.69. The summed E-state index contributed by atoms with van der Waals surface area (Å²) in [6.45, 7) is 5.01. The summed E-state index contributed by atoms with van der Waals surface area (Å²) in [5, 5.41) is 0. The Morgan fingerprint density at radius 2 is 2.20 bits per heavy atom. The minimum absolute atomic E-state index is 0.185. The van der Waals surface area contributed by atoms with Crippen LogP contribution >= 0.6 is 0 Å². The highest BCUT2D eigenvalue weighted by atomic mass is 16.2. The smallest absolute Gasteiger partial charge is 0.231 e. The summed E-state index contributed by atoms with van der Waals surface area (Å²) < 4.78 is 0. The Hall–Kier alpha value is -1.51. The standard InChI is InChI=1S/C12H16N2O/c1-8(2)7-14-11-4-3-10(13)5-9(11)6-12(14)15/h3-5,8H,6-7,13H2,1-2H3. The number of nitrogen functional groups attached to an aromatic ring is 1. The molecule has 2 rings (SSSR count). The molecule has 0 radical (unpaired) electrons. The number of carbonyl (C=O) groups is 1. The molecule has 0 aliphatic carbocycles. The fraction of sp³-hybridized carbons (Fsp3) is 0.417. The van der Waals surface area contributed by atoms with Crippen LogP contribution < -0.4 is 10.6 Å². The SMILES string of the molecule is CC(C)CN1C(=O)Cc2cc(N)ccc21. The van der Waals surface area contributed by atoms with Crippen molar-refractivity contribution in [2.75, 3.05) is 17.2 Å². The van der Waals surface area contributed by atoms with Crippen molar-refractivity contribution in [2.45, 2.75) is 20.3 Å². The highest BCUT2D eigenvalue weighted by Gasteiger charge is 2.27. The van der Waals surface area contributed by atoms with E-state index in [9.17, 15) is 4.79 Å². The van der Waals surface area contributed by atoms with E-state index in [4.69, 9.17) is 5.73 Å². The van der Waals surface area contributed by atoms with E-state index in [1.807, 2.05) is 23.1 Å². The van der Waals surface area contributed by atoms with Gasteiger partial charge in [0.2, 0.25) is 5.91 Å². The van der Waals surface area contributed by atoms with Crippen LogP contribution in [0.1, 0.15) is 19.4 Å². The zero-order valence-electron chi connectivity index (χ0n) is 9.16. The number of benzene rings is 1. The molecule has 0 bridgehead atoms. The quantitative estimate of drug-likeness (QED) is 0.747. The summed E-state index contributed by atoms with van der Waals surface area (Å²) >= 11 is 0. The summed E-state index contributed by atoms with van der Waals surface area (Å²) in [4.78, 5) is 13.6. The fourth-order valence-electron chi connectivity index (χ4n) is 1.97. The lowest BCUT2D eigenvalue weighted by Crippen LogP contribution is -2.30. The molecule has 0 unspecified atom stereocenters. The lowest BCUT2D eigenvalue weighted by atomic mass is 10.1. The number of carbonyl (C=O) groups excluding carboxylic acids is 1. The monoisotopic (exact) mass is 204 g/mol. The summed E-state index contributed by atoms with van der Waals surface area (Å²) in [7, 11) is 0. The molecule has 1 aromatic carbocycles. The van der Waals surface area contributed by atoms with Gasteiger partial charge < -0.3 is 10.6 Å². The maximum atomic E-state index is 11.8. The van der Waals surface area contributed by atoms with Crippen molar-refractivity contribution in [3.05, 3.63) is 23.8 Å². The molecular formula is C12H16N2O. The van der Waals surface area contributed by atoms with Gasteiger partial charge in [0.05, 0.1) is 6.42 Å². The van der Waals surface area contributed by atoms with Crippen molar-refractivity contribution in [1.82, 2.24) is 0 Å². The van der Waals surface area contributed by atoms with Gasteiger partial charge in [0, 0.05) is 17.9 Å². The Balaban J connectivity index is 2.33. The number of nitrogens with two attached hydrogens (primary N) is 1. The zero-order chi connectivity index (χ0) is 11.0. The molecule has 1 amide bonds. The number of hydrogen-bond acceptors (Lipinski definition) is 2. The van der Waals surface area contributed by atoms with Gasteiger partial charge in [-0.3, -0.25) is 4.79 Å². The largest absolute Gasteiger partial charge is 0.399 e. The summed E-state index contributed by atoms with van der Waals surface area (Å²) in [6.07, 6.45) is 0.493. The number of rotatable bonds is 2. The van der Waals surface area contributed by atoms with E-state index >= 15 is 0 Å².